The van der Waals surface area contributed by atoms with Crippen LogP contribution in [0.4, 0.5) is 26.3 Å². The summed E-state index contributed by atoms with van der Waals surface area (Å²) in [5, 5.41) is 20.7. The minimum absolute atomic E-state index is 0.0274. The van der Waals surface area contributed by atoms with Crippen molar-refractivity contribution in [3.05, 3.63) is 132 Å². The fourth-order valence-corrected chi connectivity index (χ4v) is 7.80. The van der Waals surface area contributed by atoms with Gasteiger partial charge in [-0.05, 0) is 72.8 Å². The summed E-state index contributed by atoms with van der Waals surface area (Å²) < 4.78 is 82.1. The number of hydrogen-bond donors (Lipinski definition) is 0. The van der Waals surface area contributed by atoms with Crippen molar-refractivity contribution in [2.75, 3.05) is 0 Å². The van der Waals surface area contributed by atoms with Crippen LogP contribution in [0, 0.1) is 0 Å². The third kappa shape index (κ3) is 6.62. The standard InChI is InChI=1S/C40H20F6N8S2/c41-39(42,43)25-9-3-1-7-23(25)27-11-5-13-31(47-27)35-51-53-37(55-35)33-17-15-21-22-16-18-34(50-30(22)20-19-29(21)49-33)38-54-52-36(56-38)32-14-6-12-28(48-32)24-8-2-4-10-26(24)40(44,45)46/h1-20H. The first-order valence-corrected chi connectivity index (χ1v) is 18.3. The minimum Gasteiger partial charge on any atom is -0.245 e. The van der Waals surface area contributed by atoms with Crippen molar-refractivity contribution in [3.8, 4) is 65.3 Å². The fourth-order valence-electron chi connectivity index (χ4n) is 6.23. The lowest BCUT2D eigenvalue weighted by atomic mass is 10.0. The Morgan fingerprint density at radius 1 is 0.339 bits per heavy atom. The molecular weight excluding hydrogens is 771 g/mol. The van der Waals surface area contributed by atoms with Gasteiger partial charge in [0.05, 0.1) is 33.5 Å². The topological polar surface area (TPSA) is 103 Å². The molecule has 0 N–H and O–H groups in total. The molecule has 0 aliphatic heterocycles. The highest BCUT2D eigenvalue weighted by atomic mass is 32.1. The summed E-state index contributed by atoms with van der Waals surface area (Å²) in [7, 11) is 0. The molecule has 0 spiro atoms. The average Bonchev–Trinajstić information content (AvgIpc) is 3.92. The van der Waals surface area contributed by atoms with Crippen molar-refractivity contribution in [2.24, 2.45) is 0 Å². The Hall–Kier alpha value is -6.52. The number of rotatable bonds is 6. The number of aromatic nitrogens is 8. The number of alkyl halides is 6. The number of pyridine rings is 4. The zero-order valence-corrected chi connectivity index (χ0v) is 29.8. The Balaban J connectivity index is 0.975. The molecule has 0 fully saturated rings. The van der Waals surface area contributed by atoms with Crippen molar-refractivity contribution >= 4 is 44.5 Å². The molecule has 9 aromatic rings. The molecule has 0 atom stereocenters. The molecule has 6 heterocycles. The van der Waals surface area contributed by atoms with E-state index in [1.54, 1.807) is 24.3 Å². The third-order valence-corrected chi connectivity index (χ3v) is 10.7. The van der Waals surface area contributed by atoms with Crippen molar-refractivity contribution in [1.29, 1.82) is 0 Å². The van der Waals surface area contributed by atoms with Gasteiger partial charge in [-0.2, -0.15) is 26.3 Å². The molecular formula is C40H20F6N8S2. The highest BCUT2D eigenvalue weighted by molar-refractivity contribution is 7.18. The first-order valence-electron chi connectivity index (χ1n) is 16.7. The monoisotopic (exact) mass is 790 g/mol. The molecule has 0 bridgehead atoms. The highest BCUT2D eigenvalue weighted by Crippen LogP contribution is 2.39. The lowest BCUT2D eigenvalue weighted by Gasteiger charge is -2.12. The maximum atomic E-state index is 13.7. The second-order valence-electron chi connectivity index (χ2n) is 12.3. The van der Waals surface area contributed by atoms with Gasteiger partial charge in [-0.3, -0.25) is 0 Å². The quantitative estimate of drug-likeness (QED) is 0.121. The van der Waals surface area contributed by atoms with Crippen LogP contribution in [0.1, 0.15) is 11.1 Å². The van der Waals surface area contributed by atoms with Gasteiger partial charge in [0.2, 0.25) is 0 Å². The third-order valence-electron chi connectivity index (χ3n) is 8.78. The Morgan fingerprint density at radius 3 is 1.09 bits per heavy atom. The van der Waals surface area contributed by atoms with Crippen LogP contribution in [0.15, 0.2) is 121 Å². The van der Waals surface area contributed by atoms with Crippen molar-refractivity contribution in [1.82, 2.24) is 40.3 Å². The van der Waals surface area contributed by atoms with Crippen molar-refractivity contribution < 1.29 is 26.3 Å². The van der Waals surface area contributed by atoms with E-state index < -0.39 is 23.5 Å². The van der Waals surface area contributed by atoms with Gasteiger partial charge in [-0.1, -0.05) is 71.2 Å². The second kappa shape index (κ2) is 13.6. The molecule has 0 saturated heterocycles. The zero-order chi connectivity index (χ0) is 38.6. The van der Waals surface area contributed by atoms with Crippen LogP contribution in [-0.4, -0.2) is 40.3 Å². The van der Waals surface area contributed by atoms with Crippen LogP contribution in [0.3, 0.4) is 0 Å². The van der Waals surface area contributed by atoms with Gasteiger partial charge in [0.25, 0.3) is 0 Å². The Bertz CT molecular complexity index is 2740. The Labute approximate surface area is 320 Å². The molecule has 0 aliphatic carbocycles. The smallest absolute Gasteiger partial charge is 0.245 e. The second-order valence-corrected chi connectivity index (χ2v) is 14.3. The summed E-state index contributed by atoms with van der Waals surface area (Å²) in [5.74, 6) is 0. The Kier molecular flexibility index (Phi) is 8.58. The maximum Gasteiger partial charge on any atom is 0.417 e. The van der Waals surface area contributed by atoms with Crippen molar-refractivity contribution in [2.45, 2.75) is 12.4 Å². The number of nitrogens with zero attached hydrogens (tertiary/aromatic N) is 8. The van der Waals surface area contributed by atoms with E-state index in [9.17, 15) is 26.3 Å². The molecule has 3 aromatic carbocycles. The SMILES string of the molecule is FC(F)(F)c1ccccc1-c1cccc(-c2nnc(-c3ccc4c(ccc5nc(-c6nnc(-c7cccc(-c8ccccc8C(F)(F)F)n7)s6)ccc54)n3)s2)n1. The molecule has 8 nitrogen and oxygen atoms in total. The number of hydrogen-bond acceptors (Lipinski definition) is 10. The Morgan fingerprint density at radius 2 is 0.696 bits per heavy atom. The highest BCUT2D eigenvalue weighted by Gasteiger charge is 2.34. The molecule has 0 radical (unpaired) electrons. The van der Waals surface area contributed by atoms with Crippen LogP contribution >= 0.6 is 22.7 Å². The van der Waals surface area contributed by atoms with Crippen LogP contribution in [0.2, 0.25) is 0 Å². The molecule has 274 valence electrons. The molecule has 0 aliphatic rings. The van der Waals surface area contributed by atoms with Gasteiger partial charge in [-0.25, -0.2) is 19.9 Å². The molecule has 0 unspecified atom stereocenters. The maximum absolute atomic E-state index is 13.7. The minimum atomic E-state index is -4.53. The largest absolute Gasteiger partial charge is 0.417 e. The number of fused-ring (bicyclic) bond motifs is 3. The summed E-state index contributed by atoms with van der Waals surface area (Å²) in [4.78, 5) is 18.6. The van der Waals surface area contributed by atoms with E-state index in [1.807, 2.05) is 36.4 Å². The van der Waals surface area contributed by atoms with Gasteiger partial charge in [0, 0.05) is 21.9 Å². The molecule has 0 saturated carbocycles. The summed E-state index contributed by atoms with van der Waals surface area (Å²) in [5.41, 5.74) is 1.99. The molecule has 6 aromatic heterocycles. The predicted molar refractivity (Wildman–Crippen MR) is 202 cm³/mol. The summed E-state index contributed by atoms with van der Waals surface area (Å²) in [6.07, 6.45) is -9.07. The molecule has 56 heavy (non-hydrogen) atoms. The summed E-state index contributed by atoms with van der Waals surface area (Å²) in [6, 6.07) is 31.4. The van der Waals surface area contributed by atoms with Crippen LogP contribution in [0.25, 0.3) is 87.1 Å². The van der Waals surface area contributed by atoms with Gasteiger partial charge in [0.1, 0.15) is 22.8 Å². The first-order chi connectivity index (χ1) is 27.0. The lowest BCUT2D eigenvalue weighted by Crippen LogP contribution is -2.07. The molecule has 16 heteroatoms. The normalized spacial score (nSPS) is 12.1. The van der Waals surface area contributed by atoms with E-state index >= 15 is 0 Å². The molecule has 9 rings (SSSR count). The van der Waals surface area contributed by atoms with E-state index in [0.717, 1.165) is 22.9 Å². The fraction of sp³-hybridized carbons (Fsp3) is 0.0500. The van der Waals surface area contributed by atoms with Gasteiger partial charge < -0.3 is 0 Å². The summed E-state index contributed by atoms with van der Waals surface area (Å²) >= 11 is 2.45. The summed E-state index contributed by atoms with van der Waals surface area (Å²) in [6.45, 7) is 0. The number of halogens is 6. The number of benzene rings is 3. The molecule has 0 amide bonds. The van der Waals surface area contributed by atoms with E-state index in [2.05, 4.69) is 30.4 Å². The van der Waals surface area contributed by atoms with E-state index in [4.69, 9.17) is 9.97 Å². The van der Waals surface area contributed by atoms with E-state index in [1.165, 1.54) is 71.2 Å². The van der Waals surface area contributed by atoms with Gasteiger partial charge >= 0.3 is 12.4 Å². The van der Waals surface area contributed by atoms with E-state index in [-0.39, 0.29) is 22.5 Å². The first kappa shape index (κ1) is 35.2. The van der Waals surface area contributed by atoms with E-state index in [0.29, 0.717) is 53.8 Å². The van der Waals surface area contributed by atoms with Gasteiger partial charge in [-0.15, -0.1) is 20.4 Å². The van der Waals surface area contributed by atoms with Crippen molar-refractivity contribution in [3.63, 3.8) is 0 Å². The predicted octanol–water partition coefficient (Wildman–Crippen LogP) is 11.3. The van der Waals surface area contributed by atoms with Crippen LogP contribution < -0.4 is 0 Å². The van der Waals surface area contributed by atoms with Crippen LogP contribution in [0.5, 0.6) is 0 Å². The lowest BCUT2D eigenvalue weighted by molar-refractivity contribution is -0.137. The average molecular weight is 791 g/mol. The zero-order valence-electron chi connectivity index (χ0n) is 28.2. The van der Waals surface area contributed by atoms with Crippen LogP contribution in [-0.2, 0) is 12.4 Å². The van der Waals surface area contributed by atoms with Gasteiger partial charge in [0.15, 0.2) is 20.0 Å².